The third kappa shape index (κ3) is 16.9. The molecule has 0 amide bonds. The molecule has 0 bridgehead atoms. The summed E-state index contributed by atoms with van der Waals surface area (Å²) in [7, 11) is 0. The lowest BCUT2D eigenvalue weighted by molar-refractivity contribution is -0.693. The summed E-state index contributed by atoms with van der Waals surface area (Å²) in [6, 6.07) is 8.70. The fourth-order valence-corrected chi connectivity index (χ4v) is 4.97. The largest absolute Gasteiger partial charge is 0.379 e. The van der Waals surface area contributed by atoms with Gasteiger partial charge in [0.05, 0.1) is 26.4 Å². The molecular formula is C34H59N2O3+. The van der Waals surface area contributed by atoms with Gasteiger partial charge >= 0.3 is 0 Å². The van der Waals surface area contributed by atoms with Gasteiger partial charge in [-0.15, -0.1) is 0 Å². The maximum atomic E-state index is 5.98. The first-order valence-electron chi connectivity index (χ1n) is 16.1. The van der Waals surface area contributed by atoms with Gasteiger partial charge in [0.1, 0.15) is 25.0 Å². The molecule has 0 radical (unpaired) electrons. The lowest BCUT2D eigenvalue weighted by atomic mass is 10.0. The zero-order valence-corrected chi connectivity index (χ0v) is 25.6. The second-order valence-electron chi connectivity index (χ2n) is 11.0. The van der Waals surface area contributed by atoms with Gasteiger partial charge in [-0.05, 0) is 31.4 Å². The number of unbranched alkanes of at least 4 members (excludes halogenated alkanes) is 13. The van der Waals surface area contributed by atoms with E-state index in [2.05, 4.69) is 66.0 Å². The van der Waals surface area contributed by atoms with E-state index >= 15 is 0 Å². The Bertz CT molecular complexity index is 805. The minimum Gasteiger partial charge on any atom is -0.379 e. The zero-order chi connectivity index (χ0) is 27.8. The van der Waals surface area contributed by atoms with Crippen LogP contribution in [-0.4, -0.2) is 37.1 Å². The summed E-state index contributed by atoms with van der Waals surface area (Å²) in [6.07, 6.45) is 25.7. The average molecular weight is 544 g/mol. The van der Waals surface area contributed by atoms with Crippen LogP contribution in [0, 0.1) is 0 Å². The number of rotatable bonds is 26. The highest BCUT2D eigenvalue weighted by Crippen LogP contribution is 2.13. The molecular weight excluding hydrogens is 484 g/mol. The standard InChI is InChI=1S/C34H59N2O3/c1-4-7-8-9-10-11-12-13-14-15-16-17-18-19-26-37-29-34(39-6-3)30-38-28-33-22-20-32(21-23-33)27-36-25-24-35(5-2)31-36/h20-25,31,34H,4-19,26-30H2,1-3H3/q+1. The maximum Gasteiger partial charge on any atom is 0.244 e. The number of benzene rings is 1. The van der Waals surface area contributed by atoms with Crippen molar-refractivity contribution >= 4 is 0 Å². The van der Waals surface area contributed by atoms with Crippen molar-refractivity contribution in [1.82, 2.24) is 4.57 Å². The molecule has 0 N–H and O–H groups in total. The van der Waals surface area contributed by atoms with Gasteiger partial charge in [0, 0.05) is 13.2 Å². The first kappa shape index (κ1) is 33.5. The molecule has 5 nitrogen and oxygen atoms in total. The minimum absolute atomic E-state index is 0.0000737. The van der Waals surface area contributed by atoms with E-state index in [0.717, 1.165) is 26.1 Å². The number of aromatic nitrogens is 2. The van der Waals surface area contributed by atoms with E-state index < -0.39 is 0 Å². The number of nitrogens with zero attached hydrogens (tertiary/aromatic N) is 2. The molecule has 0 saturated heterocycles. The van der Waals surface area contributed by atoms with E-state index in [-0.39, 0.29) is 6.10 Å². The van der Waals surface area contributed by atoms with Gasteiger partial charge < -0.3 is 14.2 Å². The van der Waals surface area contributed by atoms with E-state index in [1.807, 2.05) is 6.92 Å². The molecule has 0 aliphatic heterocycles. The lowest BCUT2D eigenvalue weighted by Gasteiger charge is -2.17. The monoisotopic (exact) mass is 543 g/mol. The first-order chi connectivity index (χ1) is 19.2. The van der Waals surface area contributed by atoms with Crippen molar-refractivity contribution in [3.05, 3.63) is 54.1 Å². The predicted molar refractivity (Wildman–Crippen MR) is 162 cm³/mol. The Morgan fingerprint density at radius 2 is 1.26 bits per heavy atom. The summed E-state index contributed by atoms with van der Waals surface area (Å²) in [5, 5.41) is 0. The molecule has 0 aliphatic rings. The van der Waals surface area contributed by atoms with Crippen LogP contribution >= 0.6 is 0 Å². The molecule has 1 atom stereocenters. The van der Waals surface area contributed by atoms with Crippen molar-refractivity contribution in [2.75, 3.05) is 26.4 Å². The summed E-state index contributed by atoms with van der Waals surface area (Å²) >= 11 is 0. The van der Waals surface area contributed by atoms with Crippen LogP contribution in [0.2, 0.25) is 0 Å². The Morgan fingerprint density at radius 3 is 1.82 bits per heavy atom. The van der Waals surface area contributed by atoms with E-state index in [1.54, 1.807) is 0 Å². The number of hydrogen-bond donors (Lipinski definition) is 0. The molecule has 5 heteroatoms. The maximum absolute atomic E-state index is 5.98. The molecule has 0 aliphatic carbocycles. The van der Waals surface area contributed by atoms with Gasteiger partial charge in [0.25, 0.3) is 0 Å². The number of hydrogen-bond acceptors (Lipinski definition) is 3. The van der Waals surface area contributed by atoms with E-state index in [9.17, 15) is 0 Å². The highest BCUT2D eigenvalue weighted by molar-refractivity contribution is 5.22. The molecule has 1 unspecified atom stereocenters. The van der Waals surface area contributed by atoms with Crippen molar-refractivity contribution in [3.63, 3.8) is 0 Å². The Kier molecular flexibility index (Phi) is 19.8. The zero-order valence-electron chi connectivity index (χ0n) is 25.6. The van der Waals surface area contributed by atoms with Gasteiger partial charge in [-0.3, -0.25) is 0 Å². The SMILES string of the molecule is CCCCCCCCCCCCCCCCOCC(COCc1ccc(Cn2cc[n+](CC)c2)cc1)OCC. The summed E-state index contributed by atoms with van der Waals surface area (Å²) < 4.78 is 22.1. The summed E-state index contributed by atoms with van der Waals surface area (Å²) in [5.41, 5.74) is 2.48. The fourth-order valence-electron chi connectivity index (χ4n) is 4.97. The average Bonchev–Trinajstić information content (AvgIpc) is 3.41. The Balaban J connectivity index is 1.44. The molecule has 1 aromatic heterocycles. The van der Waals surface area contributed by atoms with E-state index in [4.69, 9.17) is 14.2 Å². The van der Waals surface area contributed by atoms with Crippen LogP contribution in [0.5, 0.6) is 0 Å². The van der Waals surface area contributed by atoms with E-state index in [1.165, 1.54) is 94.6 Å². The smallest absolute Gasteiger partial charge is 0.244 e. The molecule has 0 fully saturated rings. The lowest BCUT2D eigenvalue weighted by Crippen LogP contribution is -2.28. The minimum atomic E-state index is -0.0000737. The van der Waals surface area contributed by atoms with Crippen LogP contribution in [0.3, 0.4) is 0 Å². The molecule has 222 valence electrons. The topological polar surface area (TPSA) is 36.5 Å². The van der Waals surface area contributed by atoms with Gasteiger partial charge in [-0.1, -0.05) is 115 Å². The first-order valence-corrected chi connectivity index (χ1v) is 16.1. The van der Waals surface area contributed by atoms with Crippen LogP contribution in [-0.2, 0) is 33.9 Å². The molecule has 2 aromatic rings. The molecule has 39 heavy (non-hydrogen) atoms. The number of imidazole rings is 1. The van der Waals surface area contributed by atoms with Gasteiger partial charge in [-0.2, -0.15) is 0 Å². The van der Waals surface area contributed by atoms with Crippen molar-refractivity contribution in [2.24, 2.45) is 0 Å². The molecule has 1 aromatic carbocycles. The third-order valence-corrected chi connectivity index (χ3v) is 7.42. The highest BCUT2D eigenvalue weighted by Gasteiger charge is 2.10. The number of aryl methyl sites for hydroxylation is 1. The summed E-state index contributed by atoms with van der Waals surface area (Å²) in [5.74, 6) is 0. The van der Waals surface area contributed by atoms with Gasteiger partial charge in [0.2, 0.25) is 6.33 Å². The summed E-state index contributed by atoms with van der Waals surface area (Å²) in [6.45, 7) is 11.6. The van der Waals surface area contributed by atoms with Gasteiger partial charge in [-0.25, -0.2) is 9.13 Å². The van der Waals surface area contributed by atoms with Crippen LogP contribution in [0.25, 0.3) is 0 Å². The second kappa shape index (κ2) is 23.1. The molecule has 1 heterocycles. The molecule has 0 spiro atoms. The normalized spacial score (nSPS) is 12.3. The third-order valence-electron chi connectivity index (χ3n) is 7.42. The predicted octanol–water partition coefficient (Wildman–Crippen LogP) is 8.26. The highest BCUT2D eigenvalue weighted by atomic mass is 16.6. The van der Waals surface area contributed by atoms with Crippen LogP contribution in [0.1, 0.15) is 122 Å². The molecule has 2 rings (SSSR count). The molecule has 0 saturated carbocycles. The van der Waals surface area contributed by atoms with Crippen LogP contribution < -0.4 is 4.57 Å². The number of ether oxygens (including phenoxy) is 3. The van der Waals surface area contributed by atoms with Gasteiger partial charge in [0.15, 0.2) is 0 Å². The second-order valence-corrected chi connectivity index (χ2v) is 11.0. The van der Waals surface area contributed by atoms with Crippen molar-refractivity contribution in [3.8, 4) is 0 Å². The Labute approximate surface area is 240 Å². The van der Waals surface area contributed by atoms with Crippen molar-refractivity contribution < 1.29 is 18.8 Å². The van der Waals surface area contributed by atoms with Crippen LogP contribution in [0.15, 0.2) is 43.0 Å². The van der Waals surface area contributed by atoms with Crippen molar-refractivity contribution in [2.45, 2.75) is 136 Å². The van der Waals surface area contributed by atoms with Crippen LogP contribution in [0.4, 0.5) is 0 Å². The summed E-state index contributed by atoms with van der Waals surface area (Å²) in [4.78, 5) is 0. The Hall–Kier alpha value is -1.69. The fraction of sp³-hybridized carbons (Fsp3) is 0.735. The van der Waals surface area contributed by atoms with Crippen molar-refractivity contribution in [1.29, 1.82) is 0 Å². The van der Waals surface area contributed by atoms with E-state index in [0.29, 0.717) is 26.4 Å². The quantitative estimate of drug-likeness (QED) is 0.0885. The Morgan fingerprint density at radius 1 is 0.692 bits per heavy atom.